The predicted molar refractivity (Wildman–Crippen MR) is 97.7 cm³/mol. The highest BCUT2D eigenvalue weighted by Crippen LogP contribution is 2.26. The van der Waals surface area contributed by atoms with Crippen LogP contribution in [0.5, 0.6) is 5.75 Å². The number of aromatic nitrogens is 1. The zero-order chi connectivity index (χ0) is 17.6. The molecule has 3 aromatic rings. The van der Waals surface area contributed by atoms with Crippen LogP contribution in [0.4, 0.5) is 0 Å². The Hall–Kier alpha value is -2.91. The van der Waals surface area contributed by atoms with E-state index in [0.29, 0.717) is 17.9 Å². The van der Waals surface area contributed by atoms with E-state index in [1.807, 2.05) is 37.3 Å². The zero-order valence-electron chi connectivity index (χ0n) is 13.7. The number of hydrogen-bond acceptors (Lipinski definition) is 5. The van der Waals surface area contributed by atoms with Crippen molar-refractivity contribution in [1.82, 2.24) is 10.3 Å². The van der Waals surface area contributed by atoms with Gasteiger partial charge in [0.1, 0.15) is 11.8 Å². The van der Waals surface area contributed by atoms with Crippen LogP contribution < -0.4 is 10.1 Å². The topological polar surface area (TPSA) is 75.0 Å². The van der Waals surface area contributed by atoms with Gasteiger partial charge in [0, 0.05) is 12.5 Å². The van der Waals surface area contributed by atoms with Crippen molar-refractivity contribution in [3.05, 3.63) is 59.1 Å². The molecule has 3 rings (SSSR count). The van der Waals surface area contributed by atoms with E-state index in [4.69, 9.17) is 10.00 Å². The van der Waals surface area contributed by atoms with Crippen molar-refractivity contribution in [2.45, 2.75) is 12.8 Å². The molecule has 0 bridgehead atoms. The van der Waals surface area contributed by atoms with Gasteiger partial charge in [-0.25, -0.2) is 4.98 Å². The Morgan fingerprint density at radius 2 is 2.04 bits per heavy atom. The fourth-order valence-electron chi connectivity index (χ4n) is 2.33. The molecule has 2 aromatic carbocycles. The van der Waals surface area contributed by atoms with E-state index in [0.717, 1.165) is 15.2 Å². The number of fused-ring (bicyclic) bond motifs is 1. The smallest absolute Gasteiger partial charge is 0.257 e. The zero-order valence-corrected chi connectivity index (χ0v) is 14.5. The Kier molecular flexibility index (Phi) is 5.26. The van der Waals surface area contributed by atoms with E-state index in [2.05, 4.69) is 10.3 Å². The maximum Gasteiger partial charge on any atom is 0.257 e. The lowest BCUT2D eigenvalue weighted by atomic mass is 10.2. The molecule has 0 fully saturated rings. The number of rotatable bonds is 6. The first kappa shape index (κ1) is 16.9. The summed E-state index contributed by atoms with van der Waals surface area (Å²) in [7, 11) is 0. The number of ether oxygens (including phenoxy) is 1. The molecule has 0 radical (unpaired) electrons. The van der Waals surface area contributed by atoms with Gasteiger partial charge >= 0.3 is 0 Å². The summed E-state index contributed by atoms with van der Waals surface area (Å²) in [5, 5.41) is 12.9. The average molecular weight is 351 g/mol. The Morgan fingerprint density at radius 1 is 1.28 bits per heavy atom. The van der Waals surface area contributed by atoms with Crippen molar-refractivity contribution in [2.75, 3.05) is 13.2 Å². The summed E-state index contributed by atoms with van der Waals surface area (Å²) in [6.07, 6.45) is 0. The standard InChI is InChI=1S/C19H17N3O2S/c1-13(19-22-15-7-3-5-9-17(15)25-19)11-21-18(23)12-24-16-8-4-2-6-14(16)10-20/h2-9,13H,11-12H2,1H3,(H,21,23). The fraction of sp³-hybridized carbons (Fsp3) is 0.211. The minimum absolute atomic E-state index is 0.118. The van der Waals surface area contributed by atoms with Crippen LogP contribution in [-0.4, -0.2) is 24.0 Å². The molecular weight excluding hydrogens is 334 g/mol. The minimum atomic E-state index is -0.222. The van der Waals surface area contributed by atoms with Gasteiger partial charge in [-0.1, -0.05) is 31.2 Å². The average Bonchev–Trinajstić information content (AvgIpc) is 3.09. The third kappa shape index (κ3) is 4.14. The Balaban J connectivity index is 1.52. The summed E-state index contributed by atoms with van der Waals surface area (Å²) in [6.45, 7) is 2.40. The van der Waals surface area contributed by atoms with Crippen molar-refractivity contribution in [3.8, 4) is 11.8 Å². The molecule has 1 N–H and O–H groups in total. The van der Waals surface area contributed by atoms with E-state index in [-0.39, 0.29) is 18.4 Å². The number of nitrogens with zero attached hydrogens (tertiary/aromatic N) is 2. The van der Waals surface area contributed by atoms with Crippen LogP contribution in [0, 0.1) is 11.3 Å². The number of nitrogens with one attached hydrogen (secondary N) is 1. The first-order valence-electron chi connectivity index (χ1n) is 7.91. The van der Waals surface area contributed by atoms with Crippen LogP contribution in [0.2, 0.25) is 0 Å². The highest BCUT2D eigenvalue weighted by atomic mass is 32.1. The maximum atomic E-state index is 12.0. The summed E-state index contributed by atoms with van der Waals surface area (Å²) < 4.78 is 6.57. The Morgan fingerprint density at radius 3 is 2.84 bits per heavy atom. The van der Waals surface area contributed by atoms with Crippen LogP contribution in [0.1, 0.15) is 23.4 Å². The van der Waals surface area contributed by atoms with Crippen LogP contribution in [0.15, 0.2) is 48.5 Å². The predicted octanol–water partition coefficient (Wildman–Crippen LogP) is 3.47. The van der Waals surface area contributed by atoms with Gasteiger partial charge in [0.15, 0.2) is 6.61 Å². The molecule has 1 amide bonds. The number of carbonyl (C=O) groups excluding carboxylic acids is 1. The van der Waals surface area contributed by atoms with Gasteiger partial charge in [-0.3, -0.25) is 4.79 Å². The van der Waals surface area contributed by atoms with Gasteiger partial charge < -0.3 is 10.1 Å². The van der Waals surface area contributed by atoms with Crippen molar-refractivity contribution in [2.24, 2.45) is 0 Å². The van der Waals surface area contributed by atoms with Gasteiger partial charge in [0.25, 0.3) is 5.91 Å². The Bertz CT molecular complexity index is 897. The van der Waals surface area contributed by atoms with Crippen LogP contribution >= 0.6 is 11.3 Å². The Labute approximate surface area is 149 Å². The van der Waals surface area contributed by atoms with Crippen molar-refractivity contribution in [3.63, 3.8) is 0 Å². The molecule has 1 heterocycles. The molecule has 0 aliphatic heterocycles. The molecule has 1 atom stereocenters. The SMILES string of the molecule is CC(CNC(=O)COc1ccccc1C#N)c1nc2ccccc2s1. The lowest BCUT2D eigenvalue weighted by Crippen LogP contribution is -2.31. The van der Waals surface area contributed by atoms with Crippen molar-refractivity contribution in [1.29, 1.82) is 5.26 Å². The van der Waals surface area contributed by atoms with Crippen LogP contribution in [-0.2, 0) is 4.79 Å². The highest BCUT2D eigenvalue weighted by molar-refractivity contribution is 7.18. The first-order chi connectivity index (χ1) is 12.2. The van der Waals surface area contributed by atoms with Gasteiger partial charge in [-0.15, -0.1) is 11.3 Å². The highest BCUT2D eigenvalue weighted by Gasteiger charge is 2.13. The molecule has 0 aliphatic carbocycles. The monoisotopic (exact) mass is 351 g/mol. The van der Waals surface area contributed by atoms with Gasteiger partial charge in [0.05, 0.1) is 20.8 Å². The van der Waals surface area contributed by atoms with E-state index in [1.54, 1.807) is 35.6 Å². The van der Waals surface area contributed by atoms with Gasteiger partial charge in [-0.05, 0) is 24.3 Å². The van der Waals surface area contributed by atoms with E-state index < -0.39 is 0 Å². The molecule has 0 saturated carbocycles. The number of benzene rings is 2. The second-order valence-electron chi connectivity index (χ2n) is 5.62. The number of carbonyl (C=O) groups is 1. The number of thiazole rings is 1. The maximum absolute atomic E-state index is 12.0. The lowest BCUT2D eigenvalue weighted by molar-refractivity contribution is -0.123. The molecular formula is C19H17N3O2S. The minimum Gasteiger partial charge on any atom is -0.482 e. The largest absolute Gasteiger partial charge is 0.482 e. The van der Waals surface area contributed by atoms with Crippen molar-refractivity contribution >= 4 is 27.5 Å². The molecule has 1 aromatic heterocycles. The fourth-order valence-corrected chi connectivity index (χ4v) is 3.35. The summed E-state index contributed by atoms with van der Waals surface area (Å²) >= 11 is 1.64. The first-order valence-corrected chi connectivity index (χ1v) is 8.73. The third-order valence-electron chi connectivity index (χ3n) is 3.70. The number of nitriles is 1. The van der Waals surface area contributed by atoms with Crippen molar-refractivity contribution < 1.29 is 9.53 Å². The molecule has 126 valence electrons. The summed E-state index contributed by atoms with van der Waals surface area (Å²) in [4.78, 5) is 16.6. The quantitative estimate of drug-likeness (QED) is 0.738. The van der Waals surface area contributed by atoms with E-state index in [1.165, 1.54) is 0 Å². The summed E-state index contributed by atoms with van der Waals surface area (Å²) in [6, 6.07) is 16.9. The molecule has 0 aliphatic rings. The lowest BCUT2D eigenvalue weighted by Gasteiger charge is -2.11. The molecule has 1 unspecified atom stereocenters. The number of para-hydroxylation sites is 2. The van der Waals surface area contributed by atoms with Gasteiger partial charge in [-0.2, -0.15) is 5.26 Å². The molecule has 25 heavy (non-hydrogen) atoms. The number of hydrogen-bond donors (Lipinski definition) is 1. The van der Waals surface area contributed by atoms with Crippen LogP contribution in [0.3, 0.4) is 0 Å². The molecule has 6 heteroatoms. The van der Waals surface area contributed by atoms with Gasteiger partial charge in [0.2, 0.25) is 0 Å². The number of amides is 1. The third-order valence-corrected chi connectivity index (χ3v) is 4.97. The second-order valence-corrected chi connectivity index (χ2v) is 6.68. The van der Waals surface area contributed by atoms with E-state index in [9.17, 15) is 4.79 Å². The van der Waals surface area contributed by atoms with E-state index >= 15 is 0 Å². The summed E-state index contributed by atoms with van der Waals surface area (Å²) in [5.41, 5.74) is 1.40. The molecule has 0 saturated heterocycles. The normalized spacial score (nSPS) is 11.7. The summed E-state index contributed by atoms with van der Waals surface area (Å²) in [5.74, 6) is 0.313. The van der Waals surface area contributed by atoms with Crippen LogP contribution in [0.25, 0.3) is 10.2 Å². The second kappa shape index (κ2) is 7.77. The molecule has 5 nitrogen and oxygen atoms in total. The molecule has 0 spiro atoms.